The molecule has 3 aromatic rings. The fourth-order valence-electron chi connectivity index (χ4n) is 4.22. The molecule has 1 aromatic heterocycles. The molecule has 0 spiro atoms. The topological polar surface area (TPSA) is 90.5 Å². The number of benzene rings is 2. The molecule has 0 radical (unpaired) electrons. The van der Waals surface area contributed by atoms with Gasteiger partial charge in [-0.25, -0.2) is 0 Å². The third kappa shape index (κ3) is 4.87. The van der Waals surface area contributed by atoms with E-state index in [0.29, 0.717) is 30.1 Å². The Hall–Kier alpha value is -3.89. The number of hydrogen-bond donors (Lipinski definition) is 0. The van der Waals surface area contributed by atoms with Crippen LogP contribution < -0.4 is 10.3 Å². The lowest BCUT2D eigenvalue weighted by Gasteiger charge is -2.44. The minimum absolute atomic E-state index is 0.264. The Morgan fingerprint density at radius 1 is 1.09 bits per heavy atom. The second-order valence-electron chi connectivity index (χ2n) is 8.81. The van der Waals surface area contributed by atoms with Gasteiger partial charge in [-0.05, 0) is 49.2 Å². The molecule has 7 nitrogen and oxygen atoms in total. The van der Waals surface area contributed by atoms with Crippen LogP contribution in [0.15, 0.2) is 71.7 Å². The van der Waals surface area contributed by atoms with E-state index in [-0.39, 0.29) is 5.56 Å². The van der Waals surface area contributed by atoms with Crippen molar-refractivity contribution in [1.82, 2.24) is 4.57 Å². The van der Waals surface area contributed by atoms with Crippen molar-refractivity contribution >= 4 is 5.97 Å². The first-order chi connectivity index (χ1) is 16.3. The number of carbonyl (C=O) groups is 1. The molecule has 1 aliphatic heterocycles. The molecule has 7 heteroatoms. The lowest BCUT2D eigenvalue weighted by molar-refractivity contribution is -0.163. The lowest BCUT2D eigenvalue weighted by Crippen LogP contribution is -2.54. The van der Waals surface area contributed by atoms with Gasteiger partial charge in [-0.3, -0.25) is 9.59 Å². The summed E-state index contributed by atoms with van der Waals surface area (Å²) in [6, 6.07) is 19.5. The predicted molar refractivity (Wildman–Crippen MR) is 125 cm³/mol. The van der Waals surface area contributed by atoms with E-state index in [1.54, 1.807) is 35.0 Å². The van der Waals surface area contributed by atoms with E-state index in [2.05, 4.69) is 6.07 Å². The van der Waals surface area contributed by atoms with E-state index in [4.69, 9.17) is 14.2 Å². The maximum absolute atomic E-state index is 13.0. The summed E-state index contributed by atoms with van der Waals surface area (Å²) in [5.74, 6) is 0.0528. The molecule has 0 N–H and O–H groups in total. The van der Waals surface area contributed by atoms with Crippen molar-refractivity contribution in [3.05, 3.63) is 99.5 Å². The zero-order valence-corrected chi connectivity index (χ0v) is 19.4. The highest BCUT2D eigenvalue weighted by Crippen LogP contribution is 2.43. The first kappa shape index (κ1) is 23.3. The lowest BCUT2D eigenvalue weighted by atomic mass is 9.85. The first-order valence-electron chi connectivity index (χ1n) is 11.0. The Kier molecular flexibility index (Phi) is 6.53. The van der Waals surface area contributed by atoms with Crippen LogP contribution in [0.3, 0.4) is 0 Å². The van der Waals surface area contributed by atoms with Gasteiger partial charge in [0.2, 0.25) is 0 Å². The highest BCUT2D eigenvalue weighted by atomic mass is 16.6. The van der Waals surface area contributed by atoms with Gasteiger partial charge in [0.15, 0.2) is 6.10 Å². The molecule has 0 saturated heterocycles. The number of nitrogens with zero attached hydrogens (tertiary/aromatic N) is 2. The third-order valence-electron chi connectivity index (χ3n) is 5.77. The second-order valence-corrected chi connectivity index (χ2v) is 8.81. The van der Waals surface area contributed by atoms with Crippen molar-refractivity contribution < 1.29 is 19.0 Å². The molecular formula is C27H26N2O5. The number of esters is 1. The summed E-state index contributed by atoms with van der Waals surface area (Å²) in [6.07, 6.45) is 0.920. The number of hydrogen-bond acceptors (Lipinski definition) is 6. The van der Waals surface area contributed by atoms with Gasteiger partial charge < -0.3 is 18.8 Å². The molecule has 0 unspecified atom stereocenters. The summed E-state index contributed by atoms with van der Waals surface area (Å²) >= 11 is 0. The summed E-state index contributed by atoms with van der Waals surface area (Å²) in [5.41, 5.74) is 1.68. The van der Waals surface area contributed by atoms with Crippen LogP contribution in [0.1, 0.15) is 49.1 Å². The number of aromatic nitrogens is 1. The molecule has 0 fully saturated rings. The highest BCUT2D eigenvalue weighted by Gasteiger charge is 2.47. The maximum Gasteiger partial charge on any atom is 0.303 e. The van der Waals surface area contributed by atoms with E-state index in [9.17, 15) is 14.9 Å². The maximum atomic E-state index is 13.0. The standard InChI is InChI=1S/C27H26N2O5/c1-18(30)33-26-25(22-13-20(14-28)9-11-23(22)34-27(26,2)3)29-15-21(10-12-24(29)31)17-32-16-19-7-5-4-6-8-19/h4-13,15,25-26H,16-17H2,1-3H3/t25-,26+/m1/s1. The van der Waals surface area contributed by atoms with Gasteiger partial charge in [-0.2, -0.15) is 5.26 Å². The SMILES string of the molecule is CC(=O)O[C@H]1[C@H](n2cc(COCc3ccccc3)ccc2=O)c2cc(C#N)ccc2OC1(C)C. The Bertz CT molecular complexity index is 1290. The quantitative estimate of drug-likeness (QED) is 0.516. The number of ether oxygens (including phenoxy) is 3. The molecule has 4 rings (SSSR count). The van der Waals surface area contributed by atoms with Crippen LogP contribution >= 0.6 is 0 Å². The Labute approximate surface area is 198 Å². The Morgan fingerprint density at radius 2 is 1.82 bits per heavy atom. The van der Waals surface area contributed by atoms with E-state index in [1.165, 1.54) is 13.0 Å². The average molecular weight is 459 g/mol. The summed E-state index contributed by atoms with van der Waals surface area (Å²) in [6.45, 7) is 5.68. The normalized spacial score (nSPS) is 18.3. The Balaban J connectivity index is 1.73. The zero-order valence-electron chi connectivity index (χ0n) is 19.4. The molecule has 0 amide bonds. The minimum Gasteiger partial charge on any atom is -0.484 e. The summed E-state index contributed by atoms with van der Waals surface area (Å²) in [5, 5.41) is 9.44. The van der Waals surface area contributed by atoms with Gasteiger partial charge >= 0.3 is 5.97 Å². The average Bonchev–Trinajstić information content (AvgIpc) is 2.81. The molecule has 0 saturated carbocycles. The van der Waals surface area contributed by atoms with Crippen LogP contribution in [0.5, 0.6) is 5.75 Å². The van der Waals surface area contributed by atoms with Gasteiger partial charge in [-0.15, -0.1) is 0 Å². The number of fused-ring (bicyclic) bond motifs is 1. The molecule has 2 aromatic carbocycles. The largest absolute Gasteiger partial charge is 0.484 e. The van der Waals surface area contributed by atoms with Crippen molar-refractivity contribution in [3.8, 4) is 11.8 Å². The third-order valence-corrected chi connectivity index (χ3v) is 5.77. The Morgan fingerprint density at radius 3 is 2.53 bits per heavy atom. The van der Waals surface area contributed by atoms with Crippen molar-refractivity contribution in [2.45, 2.75) is 51.7 Å². The van der Waals surface area contributed by atoms with Gasteiger partial charge in [0, 0.05) is 24.8 Å². The van der Waals surface area contributed by atoms with Gasteiger partial charge in [-0.1, -0.05) is 30.3 Å². The second kappa shape index (κ2) is 9.54. The van der Waals surface area contributed by atoms with Crippen LogP contribution in [-0.4, -0.2) is 22.2 Å². The molecule has 0 bridgehead atoms. The van der Waals surface area contributed by atoms with Gasteiger partial charge in [0.25, 0.3) is 5.56 Å². The summed E-state index contributed by atoms with van der Waals surface area (Å²) in [4.78, 5) is 25.1. The van der Waals surface area contributed by atoms with Crippen LogP contribution in [0.25, 0.3) is 0 Å². The fourth-order valence-corrected chi connectivity index (χ4v) is 4.22. The summed E-state index contributed by atoms with van der Waals surface area (Å²) < 4.78 is 19.2. The summed E-state index contributed by atoms with van der Waals surface area (Å²) in [7, 11) is 0. The van der Waals surface area contributed by atoms with Crippen LogP contribution in [0, 0.1) is 11.3 Å². The van der Waals surface area contributed by atoms with Crippen LogP contribution in [0.2, 0.25) is 0 Å². The highest BCUT2D eigenvalue weighted by molar-refractivity contribution is 5.66. The van der Waals surface area contributed by atoms with Crippen molar-refractivity contribution in [2.75, 3.05) is 0 Å². The first-order valence-corrected chi connectivity index (χ1v) is 11.0. The van der Waals surface area contributed by atoms with E-state index >= 15 is 0 Å². The number of rotatable bonds is 6. The van der Waals surface area contributed by atoms with E-state index < -0.39 is 23.7 Å². The van der Waals surface area contributed by atoms with Crippen molar-refractivity contribution in [1.29, 1.82) is 5.26 Å². The molecule has 0 aliphatic carbocycles. The van der Waals surface area contributed by atoms with Crippen LogP contribution in [0.4, 0.5) is 0 Å². The monoisotopic (exact) mass is 458 g/mol. The number of carbonyl (C=O) groups excluding carboxylic acids is 1. The van der Waals surface area contributed by atoms with Crippen LogP contribution in [-0.2, 0) is 27.5 Å². The van der Waals surface area contributed by atoms with Crippen molar-refractivity contribution in [2.24, 2.45) is 0 Å². The predicted octanol–water partition coefficient (Wildman–Crippen LogP) is 4.13. The zero-order chi connectivity index (χ0) is 24.3. The van der Waals surface area contributed by atoms with E-state index in [1.807, 2.05) is 44.2 Å². The van der Waals surface area contributed by atoms with Gasteiger partial charge in [0.05, 0.1) is 24.8 Å². The van der Waals surface area contributed by atoms with Gasteiger partial charge in [0.1, 0.15) is 17.4 Å². The number of pyridine rings is 1. The number of nitriles is 1. The molecule has 2 heterocycles. The molecule has 34 heavy (non-hydrogen) atoms. The van der Waals surface area contributed by atoms with E-state index in [0.717, 1.165) is 11.1 Å². The molecule has 2 atom stereocenters. The minimum atomic E-state index is -0.920. The fraction of sp³-hybridized carbons (Fsp3) is 0.296. The smallest absolute Gasteiger partial charge is 0.303 e. The molecule has 1 aliphatic rings. The van der Waals surface area contributed by atoms with Crippen molar-refractivity contribution in [3.63, 3.8) is 0 Å². The molecular weight excluding hydrogens is 432 g/mol. The molecule has 174 valence electrons.